The van der Waals surface area contributed by atoms with E-state index in [0.717, 1.165) is 6.33 Å². The lowest BCUT2D eigenvalue weighted by Crippen LogP contribution is -2.06. The maximum absolute atomic E-state index is 13.3. The Morgan fingerprint density at radius 1 is 1.24 bits per heavy atom. The second-order valence-electron chi connectivity index (χ2n) is 3.96. The van der Waals surface area contributed by atoms with Gasteiger partial charge in [-0.3, -0.25) is 10.1 Å². The minimum atomic E-state index is -1.65. The van der Waals surface area contributed by atoms with Crippen LogP contribution in [0.25, 0.3) is 11.3 Å². The minimum Gasteiger partial charge on any atom is -0.365 e. The molecule has 0 unspecified atom stereocenters. The number of benzene rings is 1. The molecule has 110 valence electrons. The van der Waals surface area contributed by atoms with Gasteiger partial charge in [-0.05, 0) is 19.1 Å². The van der Waals surface area contributed by atoms with Crippen molar-refractivity contribution in [2.75, 3.05) is 11.9 Å². The van der Waals surface area contributed by atoms with Gasteiger partial charge in [0.2, 0.25) is 5.82 Å². The highest BCUT2D eigenvalue weighted by Crippen LogP contribution is 2.33. The number of rotatable bonds is 4. The van der Waals surface area contributed by atoms with Crippen LogP contribution in [0.4, 0.5) is 24.7 Å². The van der Waals surface area contributed by atoms with Gasteiger partial charge in [0.25, 0.3) is 0 Å². The molecule has 0 spiro atoms. The van der Waals surface area contributed by atoms with E-state index < -0.39 is 28.1 Å². The molecule has 0 aliphatic carbocycles. The van der Waals surface area contributed by atoms with Crippen LogP contribution in [0.15, 0.2) is 18.5 Å². The third kappa shape index (κ3) is 2.76. The monoisotopic (exact) mass is 298 g/mol. The second-order valence-corrected chi connectivity index (χ2v) is 3.96. The van der Waals surface area contributed by atoms with Gasteiger partial charge >= 0.3 is 5.69 Å². The van der Waals surface area contributed by atoms with Gasteiger partial charge in [-0.1, -0.05) is 0 Å². The van der Waals surface area contributed by atoms with Gasteiger partial charge in [0.05, 0.1) is 4.92 Å². The zero-order valence-corrected chi connectivity index (χ0v) is 10.7. The molecule has 1 heterocycles. The van der Waals surface area contributed by atoms with Crippen molar-refractivity contribution in [3.8, 4) is 11.3 Å². The van der Waals surface area contributed by atoms with Crippen molar-refractivity contribution in [1.29, 1.82) is 0 Å². The van der Waals surface area contributed by atoms with Crippen molar-refractivity contribution in [3.63, 3.8) is 0 Å². The zero-order chi connectivity index (χ0) is 15.6. The first-order valence-corrected chi connectivity index (χ1v) is 5.83. The summed E-state index contributed by atoms with van der Waals surface area (Å²) in [6.07, 6.45) is 1.01. The average molecular weight is 298 g/mol. The van der Waals surface area contributed by atoms with E-state index in [-0.39, 0.29) is 17.1 Å². The number of anilines is 1. The number of nitro groups is 1. The molecule has 1 aromatic heterocycles. The topological polar surface area (TPSA) is 81.0 Å². The molecular formula is C12H9F3N4O2. The molecule has 0 amide bonds. The van der Waals surface area contributed by atoms with E-state index in [9.17, 15) is 23.3 Å². The Bertz CT molecular complexity index is 686. The van der Waals surface area contributed by atoms with Crippen molar-refractivity contribution < 1.29 is 18.1 Å². The second kappa shape index (κ2) is 5.73. The maximum atomic E-state index is 13.3. The highest BCUT2D eigenvalue weighted by atomic mass is 19.2. The van der Waals surface area contributed by atoms with E-state index in [4.69, 9.17) is 0 Å². The van der Waals surface area contributed by atoms with Crippen LogP contribution in [0, 0.1) is 27.6 Å². The summed E-state index contributed by atoms with van der Waals surface area (Å²) in [5.41, 5.74) is -1.09. The van der Waals surface area contributed by atoms with E-state index in [2.05, 4.69) is 15.3 Å². The average Bonchev–Trinajstić information content (AvgIpc) is 2.44. The lowest BCUT2D eigenvalue weighted by Gasteiger charge is -2.07. The van der Waals surface area contributed by atoms with Gasteiger partial charge in [0.1, 0.15) is 6.33 Å². The summed E-state index contributed by atoms with van der Waals surface area (Å²) in [5, 5.41) is 13.8. The van der Waals surface area contributed by atoms with E-state index in [1.54, 1.807) is 6.92 Å². The smallest absolute Gasteiger partial charge is 0.337 e. The Morgan fingerprint density at radius 3 is 2.38 bits per heavy atom. The molecule has 0 fully saturated rings. The highest BCUT2D eigenvalue weighted by molar-refractivity contribution is 5.76. The first-order valence-electron chi connectivity index (χ1n) is 5.83. The molecule has 9 heteroatoms. The third-order valence-corrected chi connectivity index (χ3v) is 2.61. The molecule has 0 saturated heterocycles. The van der Waals surface area contributed by atoms with Crippen molar-refractivity contribution in [2.24, 2.45) is 0 Å². The van der Waals surface area contributed by atoms with Gasteiger partial charge in [-0.15, -0.1) is 0 Å². The molecule has 0 saturated carbocycles. The normalized spacial score (nSPS) is 10.5. The van der Waals surface area contributed by atoms with Crippen LogP contribution < -0.4 is 5.32 Å². The number of hydrogen-bond donors (Lipinski definition) is 1. The SMILES string of the molecule is CCNc1ncnc(-c2cc(F)c(F)c(F)c2)c1[N+](=O)[O-]. The Morgan fingerprint density at radius 2 is 1.86 bits per heavy atom. The van der Waals surface area contributed by atoms with E-state index in [1.165, 1.54) is 0 Å². The minimum absolute atomic E-state index is 0.0855. The predicted octanol–water partition coefficient (Wildman–Crippen LogP) is 2.90. The molecule has 0 atom stereocenters. The van der Waals surface area contributed by atoms with Gasteiger partial charge in [0.15, 0.2) is 23.1 Å². The summed E-state index contributed by atoms with van der Waals surface area (Å²) in [5.74, 6) is -4.65. The fourth-order valence-corrected chi connectivity index (χ4v) is 1.75. The lowest BCUT2D eigenvalue weighted by atomic mass is 10.1. The molecule has 21 heavy (non-hydrogen) atoms. The summed E-state index contributed by atoms with van der Waals surface area (Å²) in [6, 6.07) is 1.28. The van der Waals surface area contributed by atoms with E-state index in [1.807, 2.05) is 0 Å². The van der Waals surface area contributed by atoms with Gasteiger partial charge < -0.3 is 5.32 Å². The summed E-state index contributed by atoms with van der Waals surface area (Å²) >= 11 is 0. The van der Waals surface area contributed by atoms with Gasteiger partial charge in [0, 0.05) is 12.1 Å². The van der Waals surface area contributed by atoms with Gasteiger partial charge in [-0.2, -0.15) is 0 Å². The molecule has 2 aromatic rings. The summed E-state index contributed by atoms with van der Waals surface area (Å²) in [4.78, 5) is 17.8. The van der Waals surface area contributed by atoms with E-state index in [0.29, 0.717) is 18.7 Å². The predicted molar refractivity (Wildman–Crippen MR) is 68.2 cm³/mol. The number of nitrogens with zero attached hydrogens (tertiary/aromatic N) is 3. The lowest BCUT2D eigenvalue weighted by molar-refractivity contribution is -0.383. The Hall–Kier alpha value is -2.71. The van der Waals surface area contributed by atoms with Crippen molar-refractivity contribution in [1.82, 2.24) is 9.97 Å². The maximum Gasteiger partial charge on any atom is 0.337 e. The number of hydrogen-bond acceptors (Lipinski definition) is 5. The van der Waals surface area contributed by atoms with Crippen LogP contribution in [0.1, 0.15) is 6.92 Å². The van der Waals surface area contributed by atoms with E-state index >= 15 is 0 Å². The van der Waals surface area contributed by atoms with Crippen LogP contribution in [0.5, 0.6) is 0 Å². The van der Waals surface area contributed by atoms with Crippen LogP contribution >= 0.6 is 0 Å². The van der Waals surface area contributed by atoms with Crippen molar-refractivity contribution in [3.05, 3.63) is 46.0 Å². The number of aromatic nitrogens is 2. The van der Waals surface area contributed by atoms with Crippen LogP contribution in [-0.2, 0) is 0 Å². The zero-order valence-electron chi connectivity index (χ0n) is 10.7. The molecule has 1 aromatic carbocycles. The third-order valence-electron chi connectivity index (χ3n) is 2.61. The van der Waals surface area contributed by atoms with Crippen molar-refractivity contribution in [2.45, 2.75) is 6.92 Å². The molecule has 0 bridgehead atoms. The highest BCUT2D eigenvalue weighted by Gasteiger charge is 2.25. The molecule has 1 N–H and O–H groups in total. The number of halogens is 3. The molecule has 0 aliphatic heterocycles. The Kier molecular flexibility index (Phi) is 4.01. The van der Waals surface area contributed by atoms with Crippen LogP contribution in [-0.4, -0.2) is 21.4 Å². The fraction of sp³-hybridized carbons (Fsp3) is 0.167. The quantitative estimate of drug-likeness (QED) is 0.533. The summed E-state index contributed by atoms with van der Waals surface area (Å²) < 4.78 is 39.5. The fourth-order valence-electron chi connectivity index (χ4n) is 1.75. The van der Waals surface area contributed by atoms with Crippen LogP contribution in [0.2, 0.25) is 0 Å². The Balaban J connectivity index is 2.69. The van der Waals surface area contributed by atoms with Gasteiger partial charge in [-0.25, -0.2) is 23.1 Å². The van der Waals surface area contributed by atoms with Crippen LogP contribution in [0.3, 0.4) is 0 Å². The summed E-state index contributed by atoms with van der Waals surface area (Å²) in [7, 11) is 0. The molecule has 0 radical (unpaired) electrons. The largest absolute Gasteiger partial charge is 0.365 e. The summed E-state index contributed by atoms with van der Waals surface area (Å²) in [6.45, 7) is 2.05. The standard InChI is InChI=1S/C12H9F3N4O2/c1-2-16-12-11(19(20)21)10(17-5-18-12)6-3-7(13)9(15)8(14)4-6/h3-5H,2H2,1H3,(H,16,17,18). The Labute approximate surface area is 116 Å². The molecular weight excluding hydrogens is 289 g/mol. The first kappa shape index (κ1) is 14.7. The molecule has 0 aliphatic rings. The van der Waals surface area contributed by atoms with Crippen molar-refractivity contribution >= 4 is 11.5 Å². The number of nitrogens with one attached hydrogen (secondary N) is 1. The molecule has 6 nitrogen and oxygen atoms in total. The molecule has 2 rings (SSSR count). The first-order chi connectivity index (χ1) is 9.95.